The number of carbonyl (C=O) groups is 2. The van der Waals surface area contributed by atoms with Crippen LogP contribution in [0.25, 0.3) is 0 Å². The molecule has 0 radical (unpaired) electrons. The van der Waals surface area contributed by atoms with Gasteiger partial charge in [0.15, 0.2) is 0 Å². The molecule has 0 saturated heterocycles. The summed E-state index contributed by atoms with van der Waals surface area (Å²) >= 11 is 1.56. The number of carbonyl (C=O) groups excluding carboxylic acids is 1. The quantitative estimate of drug-likeness (QED) is 0.663. The maximum atomic E-state index is 11.7. The smallest absolute Gasteiger partial charge is 0.323 e. The zero-order chi connectivity index (χ0) is 12.6. The Labute approximate surface area is 101 Å². The number of carboxylic acid groups (broad SMARTS) is 1. The molecule has 4 nitrogen and oxygen atoms in total. The van der Waals surface area contributed by atoms with Crippen molar-refractivity contribution in [3.05, 3.63) is 0 Å². The maximum absolute atomic E-state index is 11.7. The first-order chi connectivity index (χ1) is 7.47. The zero-order valence-electron chi connectivity index (χ0n) is 10.2. The molecule has 0 bridgehead atoms. The van der Waals surface area contributed by atoms with Crippen LogP contribution in [-0.4, -0.2) is 46.5 Å². The molecule has 94 valence electrons. The Hall–Kier alpha value is -0.710. The van der Waals surface area contributed by atoms with Gasteiger partial charge in [0.1, 0.15) is 6.54 Å². The molecule has 0 aromatic carbocycles. The second-order valence-corrected chi connectivity index (χ2v) is 5.22. The summed E-state index contributed by atoms with van der Waals surface area (Å²) in [6.45, 7) is 6.32. The summed E-state index contributed by atoms with van der Waals surface area (Å²) in [6.07, 6.45) is 1.03. The minimum atomic E-state index is -0.950. The van der Waals surface area contributed by atoms with E-state index >= 15 is 0 Å². The molecule has 0 saturated carbocycles. The number of carboxylic acids is 1. The van der Waals surface area contributed by atoms with Gasteiger partial charge in [0.25, 0.3) is 0 Å². The summed E-state index contributed by atoms with van der Waals surface area (Å²) in [5, 5.41) is 8.72. The molecule has 0 heterocycles. The van der Waals surface area contributed by atoms with Gasteiger partial charge in [-0.2, -0.15) is 11.8 Å². The van der Waals surface area contributed by atoms with Crippen LogP contribution in [0.5, 0.6) is 0 Å². The van der Waals surface area contributed by atoms with E-state index in [1.165, 1.54) is 4.90 Å². The number of thioether (sulfide) groups is 1. The third-order valence-corrected chi connectivity index (χ3v) is 2.99. The summed E-state index contributed by atoms with van der Waals surface area (Å²) in [7, 11) is 0. The standard InChI is InChI=1S/C11H21NO3S/c1-4-5-16-8-10(13)12(6-9(2)3)7-11(14)15/h9H,4-8H2,1-3H3,(H,14,15). The second-order valence-electron chi connectivity index (χ2n) is 4.11. The van der Waals surface area contributed by atoms with E-state index in [0.29, 0.717) is 18.2 Å². The Balaban J connectivity index is 4.15. The maximum Gasteiger partial charge on any atom is 0.323 e. The van der Waals surface area contributed by atoms with Crippen LogP contribution in [0.4, 0.5) is 0 Å². The fourth-order valence-electron chi connectivity index (χ4n) is 1.25. The summed E-state index contributed by atoms with van der Waals surface area (Å²) in [4.78, 5) is 23.8. The molecule has 0 fully saturated rings. The number of aliphatic carboxylic acids is 1. The lowest BCUT2D eigenvalue weighted by atomic mass is 10.2. The molecule has 5 heteroatoms. The molecular formula is C11H21NO3S. The van der Waals surface area contributed by atoms with Crippen molar-refractivity contribution in [2.24, 2.45) is 5.92 Å². The molecule has 0 aromatic rings. The van der Waals surface area contributed by atoms with Crippen LogP contribution in [0.2, 0.25) is 0 Å². The minimum absolute atomic E-state index is 0.0745. The van der Waals surface area contributed by atoms with Gasteiger partial charge in [0.05, 0.1) is 5.75 Å². The van der Waals surface area contributed by atoms with Crippen molar-refractivity contribution in [2.75, 3.05) is 24.6 Å². The van der Waals surface area contributed by atoms with Crippen LogP contribution in [0.3, 0.4) is 0 Å². The third kappa shape index (κ3) is 7.56. The predicted octanol–water partition coefficient (Wildman–Crippen LogP) is 1.70. The molecule has 0 aliphatic rings. The topological polar surface area (TPSA) is 57.6 Å². The zero-order valence-corrected chi connectivity index (χ0v) is 11.0. The van der Waals surface area contributed by atoms with Crippen molar-refractivity contribution in [1.29, 1.82) is 0 Å². The van der Waals surface area contributed by atoms with E-state index in [1.54, 1.807) is 11.8 Å². The SMILES string of the molecule is CCCSCC(=O)N(CC(=O)O)CC(C)C. The molecule has 0 atom stereocenters. The first-order valence-electron chi connectivity index (χ1n) is 5.54. The summed E-state index contributed by atoms with van der Waals surface area (Å²) < 4.78 is 0. The Bertz CT molecular complexity index is 231. The molecule has 0 aromatic heterocycles. The largest absolute Gasteiger partial charge is 0.480 e. The van der Waals surface area contributed by atoms with E-state index in [2.05, 4.69) is 6.92 Å². The van der Waals surface area contributed by atoms with Gasteiger partial charge in [-0.05, 0) is 18.1 Å². The van der Waals surface area contributed by atoms with E-state index in [9.17, 15) is 9.59 Å². The van der Waals surface area contributed by atoms with E-state index in [4.69, 9.17) is 5.11 Å². The number of nitrogens with zero attached hydrogens (tertiary/aromatic N) is 1. The Morgan fingerprint density at radius 3 is 2.44 bits per heavy atom. The number of hydrogen-bond acceptors (Lipinski definition) is 3. The first-order valence-corrected chi connectivity index (χ1v) is 6.70. The van der Waals surface area contributed by atoms with Gasteiger partial charge in [0.2, 0.25) is 5.91 Å². The van der Waals surface area contributed by atoms with Crippen molar-refractivity contribution < 1.29 is 14.7 Å². The van der Waals surface area contributed by atoms with Crippen LogP contribution in [0.15, 0.2) is 0 Å². The highest BCUT2D eigenvalue weighted by atomic mass is 32.2. The fraction of sp³-hybridized carbons (Fsp3) is 0.818. The van der Waals surface area contributed by atoms with Crippen LogP contribution < -0.4 is 0 Å². The highest BCUT2D eigenvalue weighted by molar-refractivity contribution is 7.99. The van der Waals surface area contributed by atoms with Gasteiger partial charge in [-0.25, -0.2) is 0 Å². The molecule has 1 N–H and O–H groups in total. The highest BCUT2D eigenvalue weighted by Crippen LogP contribution is 2.06. The van der Waals surface area contributed by atoms with Crippen LogP contribution in [0, 0.1) is 5.92 Å². The average molecular weight is 247 g/mol. The Kier molecular flexibility index (Phi) is 8.07. The molecule has 0 aliphatic carbocycles. The van der Waals surface area contributed by atoms with Crippen molar-refractivity contribution in [2.45, 2.75) is 27.2 Å². The van der Waals surface area contributed by atoms with E-state index in [0.717, 1.165) is 12.2 Å². The van der Waals surface area contributed by atoms with Crippen molar-refractivity contribution in [3.8, 4) is 0 Å². The van der Waals surface area contributed by atoms with Crippen LogP contribution >= 0.6 is 11.8 Å². The Morgan fingerprint density at radius 2 is 2.00 bits per heavy atom. The van der Waals surface area contributed by atoms with Gasteiger partial charge in [0, 0.05) is 6.54 Å². The lowest BCUT2D eigenvalue weighted by molar-refractivity contribution is -0.143. The Morgan fingerprint density at radius 1 is 1.38 bits per heavy atom. The second kappa shape index (κ2) is 8.44. The number of rotatable bonds is 8. The molecule has 0 aliphatic heterocycles. The van der Waals surface area contributed by atoms with Crippen molar-refractivity contribution in [3.63, 3.8) is 0 Å². The average Bonchev–Trinajstić information content (AvgIpc) is 2.15. The van der Waals surface area contributed by atoms with Gasteiger partial charge in [-0.15, -0.1) is 0 Å². The number of hydrogen-bond donors (Lipinski definition) is 1. The highest BCUT2D eigenvalue weighted by Gasteiger charge is 2.17. The lowest BCUT2D eigenvalue weighted by Crippen LogP contribution is -2.39. The van der Waals surface area contributed by atoms with E-state index in [-0.39, 0.29) is 12.5 Å². The lowest BCUT2D eigenvalue weighted by Gasteiger charge is -2.22. The van der Waals surface area contributed by atoms with Gasteiger partial charge >= 0.3 is 5.97 Å². The predicted molar refractivity (Wildman–Crippen MR) is 66.7 cm³/mol. The van der Waals surface area contributed by atoms with Crippen molar-refractivity contribution >= 4 is 23.6 Å². The van der Waals surface area contributed by atoms with Gasteiger partial charge in [-0.3, -0.25) is 9.59 Å². The molecule has 1 amide bonds. The molecule has 16 heavy (non-hydrogen) atoms. The first kappa shape index (κ1) is 15.3. The fourth-order valence-corrected chi connectivity index (χ4v) is 2.04. The normalized spacial score (nSPS) is 10.5. The van der Waals surface area contributed by atoms with Crippen LogP contribution in [-0.2, 0) is 9.59 Å². The monoisotopic (exact) mass is 247 g/mol. The summed E-state index contributed by atoms with van der Waals surface area (Å²) in [5.74, 6) is 0.589. The minimum Gasteiger partial charge on any atom is -0.480 e. The molecular weight excluding hydrogens is 226 g/mol. The summed E-state index contributed by atoms with van der Waals surface area (Å²) in [5.41, 5.74) is 0. The summed E-state index contributed by atoms with van der Waals surface area (Å²) in [6, 6.07) is 0. The van der Waals surface area contributed by atoms with Gasteiger partial charge < -0.3 is 10.0 Å². The van der Waals surface area contributed by atoms with E-state index in [1.807, 2.05) is 13.8 Å². The van der Waals surface area contributed by atoms with E-state index < -0.39 is 5.97 Å². The van der Waals surface area contributed by atoms with Crippen LogP contribution in [0.1, 0.15) is 27.2 Å². The van der Waals surface area contributed by atoms with Gasteiger partial charge in [-0.1, -0.05) is 20.8 Å². The third-order valence-electron chi connectivity index (χ3n) is 1.84. The molecule has 0 spiro atoms. The molecule has 0 unspecified atom stereocenters. The van der Waals surface area contributed by atoms with Crippen molar-refractivity contribution in [1.82, 2.24) is 4.90 Å². The molecule has 0 rings (SSSR count). The number of amides is 1.